The van der Waals surface area contributed by atoms with Gasteiger partial charge in [-0.3, -0.25) is 4.98 Å². The molecule has 1 aromatic heterocycles. The fourth-order valence-electron chi connectivity index (χ4n) is 1.29. The van der Waals surface area contributed by atoms with Gasteiger partial charge in [-0.05, 0) is 24.3 Å². The van der Waals surface area contributed by atoms with Crippen LogP contribution in [-0.4, -0.2) is 4.98 Å². The SMILES string of the molecule is Nc1ccc(CNc2ccccc2)nc1. The van der Waals surface area contributed by atoms with Crippen LogP contribution in [-0.2, 0) is 6.54 Å². The summed E-state index contributed by atoms with van der Waals surface area (Å²) in [7, 11) is 0. The van der Waals surface area contributed by atoms with Crippen LogP contribution in [0.4, 0.5) is 11.4 Å². The number of hydrogen-bond acceptors (Lipinski definition) is 3. The van der Waals surface area contributed by atoms with Crippen molar-refractivity contribution >= 4 is 11.4 Å². The zero-order chi connectivity index (χ0) is 10.5. The predicted octanol–water partition coefficient (Wildman–Crippen LogP) is 2.28. The van der Waals surface area contributed by atoms with Crippen LogP contribution < -0.4 is 11.1 Å². The van der Waals surface area contributed by atoms with E-state index in [1.165, 1.54) is 0 Å². The van der Waals surface area contributed by atoms with E-state index in [1.807, 2.05) is 42.5 Å². The number of nitrogen functional groups attached to an aromatic ring is 1. The standard InChI is InChI=1S/C12H13N3/c13-10-6-7-12(14-8-10)9-15-11-4-2-1-3-5-11/h1-8,15H,9,13H2. The van der Waals surface area contributed by atoms with Crippen LogP contribution in [0.2, 0.25) is 0 Å². The molecule has 0 aliphatic carbocycles. The Morgan fingerprint density at radius 2 is 1.87 bits per heavy atom. The molecule has 3 heteroatoms. The Hall–Kier alpha value is -2.03. The summed E-state index contributed by atoms with van der Waals surface area (Å²) in [6, 6.07) is 13.8. The van der Waals surface area contributed by atoms with Crippen molar-refractivity contribution in [2.45, 2.75) is 6.54 Å². The molecule has 1 aromatic carbocycles. The van der Waals surface area contributed by atoms with Crippen LogP contribution in [0.1, 0.15) is 5.69 Å². The summed E-state index contributed by atoms with van der Waals surface area (Å²) in [4.78, 5) is 4.21. The van der Waals surface area contributed by atoms with E-state index in [1.54, 1.807) is 6.20 Å². The molecular formula is C12H13N3. The lowest BCUT2D eigenvalue weighted by molar-refractivity contribution is 1.05. The summed E-state index contributed by atoms with van der Waals surface area (Å²) in [6.45, 7) is 0.713. The zero-order valence-electron chi connectivity index (χ0n) is 8.35. The summed E-state index contributed by atoms with van der Waals surface area (Å²) in [5.74, 6) is 0. The van der Waals surface area contributed by atoms with Gasteiger partial charge < -0.3 is 11.1 Å². The van der Waals surface area contributed by atoms with Crippen LogP contribution in [0.3, 0.4) is 0 Å². The van der Waals surface area contributed by atoms with E-state index in [0.717, 1.165) is 11.4 Å². The van der Waals surface area contributed by atoms with Crippen molar-refractivity contribution in [1.82, 2.24) is 4.98 Å². The van der Waals surface area contributed by atoms with E-state index in [9.17, 15) is 0 Å². The van der Waals surface area contributed by atoms with Crippen LogP contribution in [0.15, 0.2) is 48.7 Å². The van der Waals surface area contributed by atoms with Gasteiger partial charge in [-0.2, -0.15) is 0 Å². The summed E-state index contributed by atoms with van der Waals surface area (Å²) in [6.07, 6.45) is 1.67. The van der Waals surface area contributed by atoms with Gasteiger partial charge in [0, 0.05) is 5.69 Å². The third-order valence-electron chi connectivity index (χ3n) is 2.10. The first-order chi connectivity index (χ1) is 7.34. The van der Waals surface area contributed by atoms with Gasteiger partial charge in [0.1, 0.15) is 0 Å². The van der Waals surface area contributed by atoms with E-state index < -0.39 is 0 Å². The number of nitrogens with one attached hydrogen (secondary N) is 1. The Morgan fingerprint density at radius 1 is 1.07 bits per heavy atom. The number of hydrogen-bond donors (Lipinski definition) is 2. The van der Waals surface area contributed by atoms with Gasteiger partial charge in [-0.1, -0.05) is 18.2 Å². The first-order valence-electron chi connectivity index (χ1n) is 4.84. The van der Waals surface area contributed by atoms with E-state index in [2.05, 4.69) is 10.3 Å². The van der Waals surface area contributed by atoms with Crippen molar-refractivity contribution in [2.24, 2.45) is 0 Å². The molecule has 0 aliphatic heterocycles. The second-order valence-corrected chi connectivity index (χ2v) is 3.30. The maximum atomic E-state index is 5.55. The molecule has 0 amide bonds. The molecule has 15 heavy (non-hydrogen) atoms. The van der Waals surface area contributed by atoms with Crippen molar-refractivity contribution < 1.29 is 0 Å². The molecule has 2 aromatic rings. The van der Waals surface area contributed by atoms with Crippen molar-refractivity contribution in [1.29, 1.82) is 0 Å². The first kappa shape index (κ1) is 9.52. The molecule has 0 saturated carbocycles. The van der Waals surface area contributed by atoms with E-state index in [4.69, 9.17) is 5.73 Å². The van der Waals surface area contributed by atoms with E-state index in [-0.39, 0.29) is 0 Å². The maximum absolute atomic E-state index is 5.55. The lowest BCUT2D eigenvalue weighted by Crippen LogP contribution is -2.01. The molecule has 0 spiro atoms. The summed E-state index contributed by atoms with van der Waals surface area (Å²) >= 11 is 0. The van der Waals surface area contributed by atoms with Crippen molar-refractivity contribution in [2.75, 3.05) is 11.1 Å². The molecule has 0 radical (unpaired) electrons. The zero-order valence-corrected chi connectivity index (χ0v) is 8.35. The van der Waals surface area contributed by atoms with Crippen LogP contribution in [0, 0.1) is 0 Å². The van der Waals surface area contributed by atoms with Gasteiger partial charge in [0.05, 0.1) is 24.1 Å². The van der Waals surface area contributed by atoms with Crippen LogP contribution in [0.25, 0.3) is 0 Å². The topological polar surface area (TPSA) is 50.9 Å². The third-order valence-corrected chi connectivity index (χ3v) is 2.10. The number of nitrogens with two attached hydrogens (primary N) is 1. The van der Waals surface area contributed by atoms with Gasteiger partial charge in [0.15, 0.2) is 0 Å². The number of rotatable bonds is 3. The third kappa shape index (κ3) is 2.71. The van der Waals surface area contributed by atoms with Crippen LogP contribution >= 0.6 is 0 Å². The summed E-state index contributed by atoms with van der Waals surface area (Å²) in [5.41, 5.74) is 8.32. The molecule has 0 saturated heterocycles. The second kappa shape index (κ2) is 4.46. The van der Waals surface area contributed by atoms with Crippen LogP contribution in [0.5, 0.6) is 0 Å². The molecular weight excluding hydrogens is 186 g/mol. The molecule has 0 bridgehead atoms. The molecule has 0 aliphatic rings. The van der Waals surface area contributed by atoms with Gasteiger partial charge in [-0.25, -0.2) is 0 Å². The molecule has 1 heterocycles. The summed E-state index contributed by atoms with van der Waals surface area (Å²) < 4.78 is 0. The summed E-state index contributed by atoms with van der Waals surface area (Å²) in [5, 5.41) is 3.28. The van der Waals surface area contributed by atoms with Gasteiger partial charge in [-0.15, -0.1) is 0 Å². The molecule has 0 fully saturated rings. The number of para-hydroxylation sites is 1. The quantitative estimate of drug-likeness (QED) is 0.797. The Bertz CT molecular complexity index is 409. The van der Waals surface area contributed by atoms with Crippen molar-refractivity contribution in [3.05, 3.63) is 54.4 Å². The smallest absolute Gasteiger partial charge is 0.0596 e. The minimum absolute atomic E-state index is 0.693. The average Bonchev–Trinajstić information content (AvgIpc) is 2.30. The van der Waals surface area contributed by atoms with Gasteiger partial charge in [0.25, 0.3) is 0 Å². The van der Waals surface area contributed by atoms with Gasteiger partial charge in [0.2, 0.25) is 0 Å². The molecule has 76 valence electrons. The Balaban J connectivity index is 1.96. The molecule has 3 nitrogen and oxygen atoms in total. The maximum Gasteiger partial charge on any atom is 0.0596 e. The highest BCUT2D eigenvalue weighted by Crippen LogP contribution is 2.07. The van der Waals surface area contributed by atoms with Gasteiger partial charge >= 0.3 is 0 Å². The van der Waals surface area contributed by atoms with Crippen molar-refractivity contribution in [3.63, 3.8) is 0 Å². The largest absolute Gasteiger partial charge is 0.397 e. The number of benzene rings is 1. The fourth-order valence-corrected chi connectivity index (χ4v) is 1.29. The van der Waals surface area contributed by atoms with E-state index >= 15 is 0 Å². The normalized spacial score (nSPS) is 9.87. The highest BCUT2D eigenvalue weighted by molar-refractivity contribution is 5.43. The molecule has 2 rings (SSSR count). The Kier molecular flexibility index (Phi) is 2.83. The minimum Gasteiger partial charge on any atom is -0.397 e. The lowest BCUT2D eigenvalue weighted by Gasteiger charge is -2.05. The first-order valence-corrected chi connectivity index (χ1v) is 4.84. The monoisotopic (exact) mass is 199 g/mol. The fraction of sp³-hybridized carbons (Fsp3) is 0.0833. The Labute approximate surface area is 89.0 Å². The highest BCUT2D eigenvalue weighted by atomic mass is 14.9. The van der Waals surface area contributed by atoms with E-state index in [0.29, 0.717) is 12.2 Å². The second-order valence-electron chi connectivity index (χ2n) is 3.30. The van der Waals surface area contributed by atoms with Crippen molar-refractivity contribution in [3.8, 4) is 0 Å². The number of nitrogens with zero attached hydrogens (tertiary/aromatic N) is 1. The molecule has 3 N–H and O–H groups in total. The molecule has 0 atom stereocenters. The average molecular weight is 199 g/mol. The lowest BCUT2D eigenvalue weighted by atomic mass is 10.3. The number of pyridine rings is 1. The Morgan fingerprint density at radius 3 is 2.53 bits per heavy atom. The number of anilines is 2. The molecule has 0 unspecified atom stereocenters. The highest BCUT2D eigenvalue weighted by Gasteiger charge is 1.94. The minimum atomic E-state index is 0.693. The number of aromatic nitrogens is 1. The predicted molar refractivity (Wildman–Crippen MR) is 62.4 cm³/mol.